The molecular weight excluding hydrogens is 310 g/mol. The second kappa shape index (κ2) is 7.28. The second-order valence-corrected chi connectivity index (χ2v) is 6.41. The normalized spacial score (nSPS) is 14.1. The topological polar surface area (TPSA) is 61.4 Å². The predicted octanol–water partition coefficient (Wildman–Crippen LogP) is 2.60. The van der Waals surface area contributed by atoms with Crippen LogP contribution in [0.3, 0.4) is 0 Å². The number of para-hydroxylation sites is 2. The van der Waals surface area contributed by atoms with Gasteiger partial charge in [0.05, 0.1) is 24.5 Å². The first-order valence-corrected chi connectivity index (χ1v) is 8.54. The van der Waals surface area contributed by atoms with Gasteiger partial charge in [0.15, 0.2) is 0 Å². The van der Waals surface area contributed by atoms with Crippen LogP contribution in [0.4, 0.5) is 11.4 Å². The van der Waals surface area contributed by atoms with Gasteiger partial charge in [-0.2, -0.15) is 0 Å². The van der Waals surface area contributed by atoms with Crippen molar-refractivity contribution in [2.75, 3.05) is 23.3 Å². The average molecular weight is 329 g/mol. The Balaban J connectivity index is 1.57. The van der Waals surface area contributed by atoms with Crippen LogP contribution >= 0.6 is 11.3 Å². The zero-order valence-electron chi connectivity index (χ0n) is 12.7. The number of carbonyl (C=O) groups excluding carboxylic acids is 2. The molecule has 0 saturated carbocycles. The molecule has 0 aliphatic carbocycles. The number of amides is 2. The minimum absolute atomic E-state index is 0.0686. The van der Waals surface area contributed by atoms with Crippen LogP contribution in [0.25, 0.3) is 0 Å². The van der Waals surface area contributed by atoms with Crippen molar-refractivity contribution in [2.24, 2.45) is 0 Å². The highest BCUT2D eigenvalue weighted by molar-refractivity contribution is 7.09. The van der Waals surface area contributed by atoms with Crippen molar-refractivity contribution >= 4 is 34.5 Å². The smallest absolute Gasteiger partial charge is 0.239 e. The number of anilines is 2. The lowest BCUT2D eigenvalue weighted by Crippen LogP contribution is -2.30. The summed E-state index contributed by atoms with van der Waals surface area (Å²) >= 11 is 1.62. The highest BCUT2D eigenvalue weighted by Gasteiger charge is 2.23. The maximum absolute atomic E-state index is 12.0. The van der Waals surface area contributed by atoms with Gasteiger partial charge < -0.3 is 15.5 Å². The van der Waals surface area contributed by atoms with Gasteiger partial charge in [-0.15, -0.1) is 11.3 Å². The summed E-state index contributed by atoms with van der Waals surface area (Å²) in [6.45, 7) is 1.47. The van der Waals surface area contributed by atoms with E-state index >= 15 is 0 Å². The van der Waals surface area contributed by atoms with Gasteiger partial charge in [0, 0.05) is 17.8 Å². The number of rotatable bonds is 6. The van der Waals surface area contributed by atoms with Crippen LogP contribution in [0, 0.1) is 0 Å². The minimum atomic E-state index is -0.0686. The van der Waals surface area contributed by atoms with E-state index in [4.69, 9.17) is 0 Å². The van der Waals surface area contributed by atoms with Crippen molar-refractivity contribution in [3.8, 4) is 0 Å². The van der Waals surface area contributed by atoms with Crippen molar-refractivity contribution in [3.63, 3.8) is 0 Å². The predicted molar refractivity (Wildman–Crippen MR) is 92.7 cm³/mol. The number of benzene rings is 1. The summed E-state index contributed by atoms with van der Waals surface area (Å²) in [6, 6.07) is 11.6. The number of nitrogens with zero attached hydrogens (tertiary/aromatic N) is 1. The second-order valence-electron chi connectivity index (χ2n) is 5.38. The maximum atomic E-state index is 12.0. The fourth-order valence-corrected chi connectivity index (χ4v) is 3.24. The number of nitrogens with one attached hydrogen (secondary N) is 2. The molecule has 0 radical (unpaired) electrons. The molecule has 120 valence electrons. The lowest BCUT2D eigenvalue weighted by Gasteiger charge is -2.20. The van der Waals surface area contributed by atoms with Gasteiger partial charge in [-0.25, -0.2) is 0 Å². The van der Waals surface area contributed by atoms with Gasteiger partial charge in [-0.1, -0.05) is 18.2 Å². The van der Waals surface area contributed by atoms with E-state index in [1.807, 2.05) is 41.8 Å². The van der Waals surface area contributed by atoms with Gasteiger partial charge in [0.1, 0.15) is 0 Å². The third-order valence-electron chi connectivity index (χ3n) is 3.75. The first-order chi connectivity index (χ1) is 11.2. The molecular formula is C17H19N3O2S. The quantitative estimate of drug-likeness (QED) is 0.856. The number of carbonyl (C=O) groups is 2. The SMILES string of the molecule is O=C(CNc1ccccc1N1CCCC1=O)NCc1cccs1. The molecule has 0 spiro atoms. The third-order valence-corrected chi connectivity index (χ3v) is 4.62. The van der Waals surface area contributed by atoms with Crippen LogP contribution in [-0.2, 0) is 16.1 Å². The Hall–Kier alpha value is -2.34. The van der Waals surface area contributed by atoms with Crippen LogP contribution in [0.15, 0.2) is 41.8 Å². The Labute approximate surface area is 139 Å². The number of thiophene rings is 1. The molecule has 5 nitrogen and oxygen atoms in total. The first-order valence-electron chi connectivity index (χ1n) is 7.66. The van der Waals surface area contributed by atoms with Crippen LogP contribution in [0.1, 0.15) is 17.7 Å². The zero-order valence-corrected chi connectivity index (χ0v) is 13.6. The zero-order chi connectivity index (χ0) is 16.1. The summed E-state index contributed by atoms with van der Waals surface area (Å²) in [7, 11) is 0. The van der Waals surface area contributed by atoms with E-state index < -0.39 is 0 Å². The van der Waals surface area contributed by atoms with E-state index in [0.29, 0.717) is 13.0 Å². The molecule has 3 rings (SSSR count). The van der Waals surface area contributed by atoms with E-state index in [9.17, 15) is 9.59 Å². The van der Waals surface area contributed by atoms with Crippen molar-refractivity contribution in [1.82, 2.24) is 5.32 Å². The largest absolute Gasteiger partial charge is 0.374 e. The van der Waals surface area contributed by atoms with Gasteiger partial charge in [-0.3, -0.25) is 9.59 Å². The Morgan fingerprint density at radius 1 is 1.22 bits per heavy atom. The molecule has 2 heterocycles. The van der Waals surface area contributed by atoms with Crippen molar-refractivity contribution in [2.45, 2.75) is 19.4 Å². The highest BCUT2D eigenvalue weighted by atomic mass is 32.1. The number of hydrogen-bond acceptors (Lipinski definition) is 4. The van der Waals surface area contributed by atoms with E-state index in [-0.39, 0.29) is 18.4 Å². The summed E-state index contributed by atoms with van der Waals surface area (Å²) in [5.41, 5.74) is 1.66. The van der Waals surface area contributed by atoms with Gasteiger partial charge >= 0.3 is 0 Å². The molecule has 23 heavy (non-hydrogen) atoms. The van der Waals surface area contributed by atoms with Gasteiger partial charge in [-0.05, 0) is 30.0 Å². The summed E-state index contributed by atoms with van der Waals surface area (Å²) < 4.78 is 0. The molecule has 0 atom stereocenters. The Bertz CT molecular complexity index is 685. The number of hydrogen-bond donors (Lipinski definition) is 2. The van der Waals surface area contributed by atoms with Crippen LogP contribution in [-0.4, -0.2) is 24.9 Å². The molecule has 6 heteroatoms. The molecule has 0 unspecified atom stereocenters. The van der Waals surface area contributed by atoms with Gasteiger partial charge in [0.25, 0.3) is 0 Å². The van der Waals surface area contributed by atoms with Gasteiger partial charge in [0.2, 0.25) is 11.8 Å². The van der Waals surface area contributed by atoms with Crippen LogP contribution in [0.5, 0.6) is 0 Å². The molecule has 1 aromatic heterocycles. The molecule has 2 N–H and O–H groups in total. The van der Waals surface area contributed by atoms with Crippen molar-refractivity contribution < 1.29 is 9.59 Å². The highest BCUT2D eigenvalue weighted by Crippen LogP contribution is 2.29. The third kappa shape index (κ3) is 3.90. The Morgan fingerprint density at radius 3 is 2.83 bits per heavy atom. The monoisotopic (exact) mass is 329 g/mol. The van der Waals surface area contributed by atoms with E-state index in [1.54, 1.807) is 16.2 Å². The first kappa shape index (κ1) is 15.6. The Morgan fingerprint density at radius 2 is 2.09 bits per heavy atom. The molecule has 1 aliphatic rings. The molecule has 1 aliphatic heterocycles. The lowest BCUT2D eigenvalue weighted by atomic mass is 10.2. The molecule has 2 aromatic rings. The maximum Gasteiger partial charge on any atom is 0.239 e. The van der Waals surface area contributed by atoms with Crippen molar-refractivity contribution in [3.05, 3.63) is 46.7 Å². The van der Waals surface area contributed by atoms with Crippen LogP contribution in [0.2, 0.25) is 0 Å². The minimum Gasteiger partial charge on any atom is -0.374 e. The molecule has 1 aromatic carbocycles. The summed E-state index contributed by atoms with van der Waals surface area (Å²) in [4.78, 5) is 26.8. The standard InChI is InChI=1S/C17H19N3O2S/c21-16(19-11-13-5-4-10-23-13)12-18-14-6-1-2-7-15(14)20-9-3-8-17(20)22/h1-2,4-7,10,18H,3,8-9,11-12H2,(H,19,21). The molecule has 2 amide bonds. The molecule has 0 bridgehead atoms. The summed E-state index contributed by atoms with van der Waals surface area (Å²) in [5, 5.41) is 8.01. The fourth-order valence-electron chi connectivity index (χ4n) is 2.60. The van der Waals surface area contributed by atoms with Crippen molar-refractivity contribution in [1.29, 1.82) is 0 Å². The fraction of sp³-hybridized carbons (Fsp3) is 0.294. The lowest BCUT2D eigenvalue weighted by molar-refractivity contribution is -0.119. The van der Waals surface area contributed by atoms with E-state index in [2.05, 4.69) is 10.6 Å². The average Bonchev–Trinajstić information content (AvgIpc) is 3.22. The Kier molecular flexibility index (Phi) is 4.92. The van der Waals surface area contributed by atoms with E-state index in [0.717, 1.165) is 29.2 Å². The van der Waals surface area contributed by atoms with Crippen LogP contribution < -0.4 is 15.5 Å². The molecule has 1 fully saturated rings. The summed E-state index contributed by atoms with van der Waals surface area (Å²) in [5.74, 6) is 0.0716. The van der Waals surface area contributed by atoms with E-state index in [1.165, 1.54) is 0 Å². The summed E-state index contributed by atoms with van der Waals surface area (Å²) in [6.07, 6.45) is 1.48. The molecule has 1 saturated heterocycles.